The molecule has 2 N–H and O–H groups in total. The fraction of sp³-hybridized carbons (Fsp3) is 0.250. The highest BCUT2D eigenvalue weighted by Crippen LogP contribution is 2.25. The number of ether oxygens (including phenoxy) is 1. The first-order chi connectivity index (χ1) is 9.10. The predicted molar refractivity (Wildman–Crippen MR) is 75.1 cm³/mol. The zero-order valence-electron chi connectivity index (χ0n) is 11.2. The van der Waals surface area contributed by atoms with E-state index in [0.717, 1.165) is 17.7 Å². The van der Waals surface area contributed by atoms with Crippen LogP contribution in [-0.4, -0.2) is 6.54 Å². The molecular weight excluding hydrogens is 241 g/mol. The summed E-state index contributed by atoms with van der Waals surface area (Å²) in [6, 6.07) is 10.7. The lowest BCUT2D eigenvalue weighted by molar-refractivity contribution is 0.479. The van der Waals surface area contributed by atoms with Crippen LogP contribution >= 0.6 is 0 Å². The summed E-state index contributed by atoms with van der Waals surface area (Å²) >= 11 is 0. The number of rotatable bonds is 4. The summed E-state index contributed by atoms with van der Waals surface area (Å²) in [6.07, 6.45) is 0.863. The van der Waals surface area contributed by atoms with E-state index in [9.17, 15) is 4.39 Å². The van der Waals surface area contributed by atoms with Crippen LogP contribution in [0.25, 0.3) is 0 Å². The first-order valence-corrected chi connectivity index (χ1v) is 6.34. The van der Waals surface area contributed by atoms with Crippen molar-refractivity contribution >= 4 is 0 Å². The highest BCUT2D eigenvalue weighted by Gasteiger charge is 2.04. The largest absolute Gasteiger partial charge is 0.457 e. The van der Waals surface area contributed by atoms with E-state index >= 15 is 0 Å². The van der Waals surface area contributed by atoms with E-state index in [1.165, 1.54) is 11.6 Å². The Kier molecular flexibility index (Phi) is 4.17. The van der Waals surface area contributed by atoms with Gasteiger partial charge < -0.3 is 10.5 Å². The molecule has 0 radical (unpaired) electrons. The maximum absolute atomic E-state index is 13.2. The van der Waals surface area contributed by atoms with Crippen LogP contribution in [0.1, 0.15) is 16.7 Å². The van der Waals surface area contributed by atoms with Crippen LogP contribution in [0.2, 0.25) is 0 Å². The van der Waals surface area contributed by atoms with E-state index in [4.69, 9.17) is 10.5 Å². The fourth-order valence-electron chi connectivity index (χ4n) is 1.98. The Bertz CT molecular complexity index is 581. The summed E-state index contributed by atoms with van der Waals surface area (Å²) in [5.74, 6) is 1.18. The molecule has 2 rings (SSSR count). The lowest BCUT2D eigenvalue weighted by Crippen LogP contribution is -2.04. The van der Waals surface area contributed by atoms with Gasteiger partial charge in [-0.15, -0.1) is 0 Å². The number of aryl methyl sites for hydroxylation is 2. The Hall–Kier alpha value is -1.87. The van der Waals surface area contributed by atoms with Gasteiger partial charge in [0.1, 0.15) is 17.3 Å². The lowest BCUT2D eigenvalue weighted by atomic mass is 10.1. The van der Waals surface area contributed by atoms with Crippen LogP contribution in [0.3, 0.4) is 0 Å². The summed E-state index contributed by atoms with van der Waals surface area (Å²) in [5.41, 5.74) is 8.51. The first kappa shape index (κ1) is 13.6. The summed E-state index contributed by atoms with van der Waals surface area (Å²) < 4.78 is 18.9. The van der Waals surface area contributed by atoms with Gasteiger partial charge in [0.2, 0.25) is 0 Å². The van der Waals surface area contributed by atoms with Crippen molar-refractivity contribution in [3.8, 4) is 11.5 Å². The molecule has 2 aromatic carbocycles. The molecule has 0 spiro atoms. The molecule has 0 heterocycles. The van der Waals surface area contributed by atoms with Gasteiger partial charge in [-0.25, -0.2) is 4.39 Å². The second-order valence-electron chi connectivity index (χ2n) is 4.64. The molecule has 0 atom stereocenters. The minimum atomic E-state index is -0.221. The van der Waals surface area contributed by atoms with Gasteiger partial charge in [-0.3, -0.25) is 0 Å². The van der Waals surface area contributed by atoms with Gasteiger partial charge in [0.15, 0.2) is 0 Å². The standard InChI is InChI=1S/C16H18FNO/c1-11-9-14(4-3-13(11)7-8-18)19-15-5-6-16(17)12(2)10-15/h3-6,9-10H,7-8,18H2,1-2H3. The van der Waals surface area contributed by atoms with Crippen molar-refractivity contribution in [1.82, 2.24) is 0 Å². The molecule has 0 aliphatic rings. The highest BCUT2D eigenvalue weighted by molar-refractivity contribution is 5.39. The summed E-state index contributed by atoms with van der Waals surface area (Å²) in [6.45, 7) is 4.39. The van der Waals surface area contributed by atoms with Crippen molar-refractivity contribution in [3.63, 3.8) is 0 Å². The molecule has 0 unspecified atom stereocenters. The molecule has 2 aromatic rings. The fourth-order valence-corrected chi connectivity index (χ4v) is 1.98. The van der Waals surface area contributed by atoms with Gasteiger partial charge in [-0.1, -0.05) is 6.07 Å². The molecule has 0 amide bonds. The molecule has 0 aromatic heterocycles. The van der Waals surface area contributed by atoms with Crippen LogP contribution in [0, 0.1) is 19.7 Å². The second kappa shape index (κ2) is 5.85. The van der Waals surface area contributed by atoms with Crippen LogP contribution in [-0.2, 0) is 6.42 Å². The van der Waals surface area contributed by atoms with Gasteiger partial charge in [-0.05, 0) is 73.8 Å². The summed E-state index contributed by atoms with van der Waals surface area (Å²) in [5, 5.41) is 0. The molecule has 19 heavy (non-hydrogen) atoms. The van der Waals surface area contributed by atoms with E-state index < -0.39 is 0 Å². The highest BCUT2D eigenvalue weighted by atomic mass is 19.1. The molecule has 0 aliphatic carbocycles. The number of hydrogen-bond acceptors (Lipinski definition) is 2. The molecule has 0 fully saturated rings. The van der Waals surface area contributed by atoms with Crippen LogP contribution in [0.5, 0.6) is 11.5 Å². The third kappa shape index (κ3) is 3.32. The smallest absolute Gasteiger partial charge is 0.127 e. The number of halogens is 1. The quantitative estimate of drug-likeness (QED) is 0.907. The average Bonchev–Trinajstić information content (AvgIpc) is 2.37. The molecule has 100 valence electrons. The minimum Gasteiger partial charge on any atom is -0.457 e. The zero-order chi connectivity index (χ0) is 13.8. The molecule has 2 nitrogen and oxygen atoms in total. The second-order valence-corrected chi connectivity index (χ2v) is 4.64. The maximum atomic E-state index is 13.2. The van der Waals surface area contributed by atoms with Gasteiger partial charge in [0.05, 0.1) is 0 Å². The van der Waals surface area contributed by atoms with Crippen molar-refractivity contribution in [2.45, 2.75) is 20.3 Å². The van der Waals surface area contributed by atoms with E-state index in [1.807, 2.05) is 25.1 Å². The van der Waals surface area contributed by atoms with Crippen LogP contribution in [0.4, 0.5) is 4.39 Å². The van der Waals surface area contributed by atoms with Crippen LogP contribution < -0.4 is 10.5 Å². The number of benzene rings is 2. The van der Waals surface area contributed by atoms with E-state index in [2.05, 4.69) is 0 Å². The average molecular weight is 259 g/mol. The van der Waals surface area contributed by atoms with E-state index in [0.29, 0.717) is 17.9 Å². The predicted octanol–water partition coefficient (Wildman–Crippen LogP) is 3.74. The van der Waals surface area contributed by atoms with Crippen molar-refractivity contribution in [2.24, 2.45) is 5.73 Å². The van der Waals surface area contributed by atoms with Crippen molar-refractivity contribution < 1.29 is 9.13 Å². The van der Waals surface area contributed by atoms with E-state index in [-0.39, 0.29) is 5.82 Å². The molecule has 0 aliphatic heterocycles. The molecule has 0 saturated heterocycles. The van der Waals surface area contributed by atoms with Crippen LogP contribution in [0.15, 0.2) is 36.4 Å². The van der Waals surface area contributed by atoms with Gasteiger partial charge in [0.25, 0.3) is 0 Å². The Labute approximate surface area is 113 Å². The van der Waals surface area contributed by atoms with Crippen molar-refractivity contribution in [3.05, 3.63) is 58.9 Å². The Morgan fingerprint density at radius 1 is 1.00 bits per heavy atom. The summed E-state index contributed by atoms with van der Waals surface area (Å²) in [4.78, 5) is 0. The Morgan fingerprint density at radius 2 is 1.63 bits per heavy atom. The molecule has 3 heteroatoms. The Balaban J connectivity index is 2.19. The number of nitrogens with two attached hydrogens (primary N) is 1. The normalized spacial score (nSPS) is 10.5. The summed E-state index contributed by atoms with van der Waals surface area (Å²) in [7, 11) is 0. The molecule has 0 saturated carbocycles. The SMILES string of the molecule is Cc1cc(Oc2ccc(CCN)c(C)c2)ccc1F. The monoisotopic (exact) mass is 259 g/mol. The van der Waals surface area contributed by atoms with Gasteiger partial charge >= 0.3 is 0 Å². The third-order valence-corrected chi connectivity index (χ3v) is 3.09. The van der Waals surface area contributed by atoms with E-state index in [1.54, 1.807) is 19.1 Å². The molecular formula is C16H18FNO. The van der Waals surface area contributed by atoms with Gasteiger partial charge in [0, 0.05) is 0 Å². The molecule has 0 bridgehead atoms. The Morgan fingerprint density at radius 3 is 2.21 bits per heavy atom. The maximum Gasteiger partial charge on any atom is 0.127 e. The minimum absolute atomic E-state index is 0.221. The lowest BCUT2D eigenvalue weighted by Gasteiger charge is -2.10. The van der Waals surface area contributed by atoms with Crippen molar-refractivity contribution in [2.75, 3.05) is 6.54 Å². The third-order valence-electron chi connectivity index (χ3n) is 3.09. The van der Waals surface area contributed by atoms with Gasteiger partial charge in [-0.2, -0.15) is 0 Å². The first-order valence-electron chi connectivity index (χ1n) is 6.34. The zero-order valence-corrected chi connectivity index (χ0v) is 11.2. The number of hydrogen-bond donors (Lipinski definition) is 1. The van der Waals surface area contributed by atoms with Crippen molar-refractivity contribution in [1.29, 1.82) is 0 Å². The topological polar surface area (TPSA) is 35.2 Å².